The zero-order valence-corrected chi connectivity index (χ0v) is 14.7. The minimum atomic E-state index is -1.02. The molecule has 0 radical (unpaired) electrons. The summed E-state index contributed by atoms with van der Waals surface area (Å²) >= 11 is 0. The van der Waals surface area contributed by atoms with E-state index in [1.807, 2.05) is 0 Å². The number of likely N-dealkylation sites (tertiary alicyclic amines) is 1. The van der Waals surface area contributed by atoms with Crippen LogP contribution >= 0.6 is 0 Å². The number of urea groups is 1. The van der Waals surface area contributed by atoms with Crippen LogP contribution in [0.1, 0.15) is 12.8 Å². The van der Waals surface area contributed by atoms with Gasteiger partial charge in [-0.15, -0.1) is 0 Å². The number of benzene rings is 1. The molecule has 2 amide bonds. The van der Waals surface area contributed by atoms with E-state index in [1.165, 1.54) is 31.5 Å². The molecule has 5 nitrogen and oxygen atoms in total. The second-order valence-electron chi connectivity index (χ2n) is 7.09. The lowest BCUT2D eigenvalue weighted by Gasteiger charge is -2.38. The Hall–Kier alpha value is -1.73. The molecule has 7 heteroatoms. The van der Waals surface area contributed by atoms with Gasteiger partial charge in [0.15, 0.2) is 11.6 Å². The molecule has 1 aromatic rings. The standard InChI is InChI=1S/C18H26F2N4O/c1-22-7-3-4-14(12-22)13-23-8-10-24(11-9-23)18(25)21-16-6-2-5-15(19)17(16)20/h2,5-6,14H,3-4,7-13H2,1H3,(H,21,25). The molecule has 1 atom stereocenters. The van der Waals surface area contributed by atoms with Crippen LogP contribution in [0.15, 0.2) is 18.2 Å². The smallest absolute Gasteiger partial charge is 0.322 e. The molecule has 0 bridgehead atoms. The molecule has 2 aliphatic heterocycles. The van der Waals surface area contributed by atoms with E-state index in [1.54, 1.807) is 4.90 Å². The Morgan fingerprint density at radius 2 is 1.96 bits per heavy atom. The SMILES string of the molecule is CN1CCCC(CN2CCN(C(=O)Nc3cccc(F)c3F)CC2)C1. The second-order valence-corrected chi connectivity index (χ2v) is 7.09. The van der Waals surface area contributed by atoms with Crippen LogP contribution in [0, 0.1) is 17.6 Å². The number of carbonyl (C=O) groups is 1. The average molecular weight is 352 g/mol. The van der Waals surface area contributed by atoms with E-state index in [0.29, 0.717) is 19.0 Å². The molecule has 2 saturated heterocycles. The van der Waals surface area contributed by atoms with Crippen LogP contribution in [0.2, 0.25) is 0 Å². The highest BCUT2D eigenvalue weighted by Gasteiger charge is 2.25. The Labute approximate surface area is 147 Å². The Kier molecular flexibility index (Phi) is 5.86. The maximum atomic E-state index is 13.7. The van der Waals surface area contributed by atoms with Gasteiger partial charge >= 0.3 is 6.03 Å². The lowest BCUT2D eigenvalue weighted by atomic mass is 9.97. The number of nitrogens with zero attached hydrogens (tertiary/aromatic N) is 3. The first-order chi connectivity index (χ1) is 12.0. The van der Waals surface area contributed by atoms with Crippen molar-refractivity contribution in [2.75, 3.05) is 58.2 Å². The summed E-state index contributed by atoms with van der Waals surface area (Å²) in [5.41, 5.74) is -0.113. The molecule has 1 N–H and O–H groups in total. The van der Waals surface area contributed by atoms with Crippen molar-refractivity contribution in [2.45, 2.75) is 12.8 Å². The second kappa shape index (κ2) is 8.10. The fourth-order valence-electron chi connectivity index (χ4n) is 3.72. The number of halogens is 2. The Bertz CT molecular complexity index is 605. The summed E-state index contributed by atoms with van der Waals surface area (Å²) in [6.07, 6.45) is 2.52. The van der Waals surface area contributed by atoms with E-state index in [9.17, 15) is 13.6 Å². The van der Waals surface area contributed by atoms with E-state index in [4.69, 9.17) is 0 Å². The van der Waals surface area contributed by atoms with E-state index in [-0.39, 0.29) is 11.7 Å². The highest BCUT2D eigenvalue weighted by atomic mass is 19.2. The maximum Gasteiger partial charge on any atom is 0.322 e. The third kappa shape index (κ3) is 4.67. The van der Waals surface area contributed by atoms with Gasteiger partial charge in [-0.1, -0.05) is 6.07 Å². The minimum Gasteiger partial charge on any atom is -0.322 e. The van der Waals surface area contributed by atoms with Gasteiger partial charge in [0.2, 0.25) is 0 Å². The highest BCUT2D eigenvalue weighted by molar-refractivity contribution is 5.89. The molecule has 138 valence electrons. The van der Waals surface area contributed by atoms with E-state index in [0.717, 1.165) is 32.2 Å². The van der Waals surface area contributed by atoms with Gasteiger partial charge in [0, 0.05) is 39.3 Å². The molecule has 3 rings (SSSR count). The molecule has 0 aliphatic carbocycles. The predicted octanol–water partition coefficient (Wildman–Crippen LogP) is 2.46. The Balaban J connectivity index is 1.47. The number of piperidine rings is 1. The largest absolute Gasteiger partial charge is 0.322 e. The summed E-state index contributed by atoms with van der Waals surface area (Å²) in [7, 11) is 2.17. The van der Waals surface area contributed by atoms with Gasteiger partial charge in [-0.05, 0) is 44.5 Å². The minimum absolute atomic E-state index is 0.113. The van der Waals surface area contributed by atoms with Crippen molar-refractivity contribution in [2.24, 2.45) is 5.92 Å². The lowest BCUT2D eigenvalue weighted by molar-refractivity contribution is 0.109. The van der Waals surface area contributed by atoms with Gasteiger partial charge in [-0.3, -0.25) is 4.90 Å². The molecule has 1 unspecified atom stereocenters. The van der Waals surface area contributed by atoms with Crippen LogP contribution in [0.3, 0.4) is 0 Å². The van der Waals surface area contributed by atoms with Gasteiger partial charge in [-0.2, -0.15) is 0 Å². The van der Waals surface area contributed by atoms with Crippen molar-refractivity contribution < 1.29 is 13.6 Å². The van der Waals surface area contributed by atoms with Crippen LogP contribution in [0.4, 0.5) is 19.3 Å². The summed E-state index contributed by atoms with van der Waals surface area (Å²) in [5, 5.41) is 2.47. The third-order valence-corrected chi connectivity index (χ3v) is 5.09. The number of hydrogen-bond acceptors (Lipinski definition) is 3. The first-order valence-electron chi connectivity index (χ1n) is 8.94. The van der Waals surface area contributed by atoms with Crippen LogP contribution in [-0.2, 0) is 0 Å². The van der Waals surface area contributed by atoms with Crippen molar-refractivity contribution in [1.29, 1.82) is 0 Å². The molecule has 0 saturated carbocycles. The molecule has 2 aliphatic rings. The molecule has 25 heavy (non-hydrogen) atoms. The Morgan fingerprint density at radius 3 is 2.68 bits per heavy atom. The van der Waals surface area contributed by atoms with E-state index in [2.05, 4.69) is 22.2 Å². The van der Waals surface area contributed by atoms with Crippen molar-refractivity contribution in [1.82, 2.24) is 14.7 Å². The first-order valence-corrected chi connectivity index (χ1v) is 8.94. The number of nitrogens with one attached hydrogen (secondary N) is 1. The van der Waals surface area contributed by atoms with Crippen molar-refractivity contribution in [3.05, 3.63) is 29.8 Å². The van der Waals surface area contributed by atoms with Crippen LogP contribution in [0.5, 0.6) is 0 Å². The zero-order valence-electron chi connectivity index (χ0n) is 14.7. The third-order valence-electron chi connectivity index (χ3n) is 5.09. The van der Waals surface area contributed by atoms with Crippen LogP contribution < -0.4 is 5.32 Å². The van der Waals surface area contributed by atoms with Crippen LogP contribution in [-0.4, -0.2) is 73.6 Å². The first kappa shape index (κ1) is 18.1. The number of piperazine rings is 1. The van der Waals surface area contributed by atoms with Crippen molar-refractivity contribution in [3.8, 4) is 0 Å². The van der Waals surface area contributed by atoms with Gasteiger partial charge < -0.3 is 15.1 Å². The molecule has 0 aromatic heterocycles. The molecular formula is C18H26F2N4O. The fourth-order valence-corrected chi connectivity index (χ4v) is 3.72. The van der Waals surface area contributed by atoms with Gasteiger partial charge in [0.1, 0.15) is 0 Å². The van der Waals surface area contributed by atoms with Gasteiger partial charge in [0.05, 0.1) is 5.69 Å². The van der Waals surface area contributed by atoms with Crippen LogP contribution in [0.25, 0.3) is 0 Å². The van der Waals surface area contributed by atoms with Gasteiger partial charge in [-0.25, -0.2) is 13.6 Å². The molecule has 1 aromatic carbocycles. The zero-order chi connectivity index (χ0) is 17.8. The fraction of sp³-hybridized carbons (Fsp3) is 0.611. The topological polar surface area (TPSA) is 38.8 Å². The normalized spacial score (nSPS) is 22.8. The van der Waals surface area contributed by atoms with Crippen molar-refractivity contribution >= 4 is 11.7 Å². The summed E-state index contributed by atoms with van der Waals surface area (Å²) in [5.74, 6) is -1.28. The number of anilines is 1. The highest BCUT2D eigenvalue weighted by Crippen LogP contribution is 2.19. The number of amides is 2. The summed E-state index contributed by atoms with van der Waals surface area (Å²) in [6, 6.07) is 3.41. The quantitative estimate of drug-likeness (QED) is 0.908. The average Bonchev–Trinajstić information content (AvgIpc) is 2.59. The van der Waals surface area contributed by atoms with Crippen molar-refractivity contribution in [3.63, 3.8) is 0 Å². The lowest BCUT2D eigenvalue weighted by Crippen LogP contribution is -2.52. The predicted molar refractivity (Wildman–Crippen MR) is 93.6 cm³/mol. The number of carbonyl (C=O) groups excluding carboxylic acids is 1. The number of rotatable bonds is 3. The van der Waals surface area contributed by atoms with E-state index >= 15 is 0 Å². The molecule has 2 fully saturated rings. The molecule has 0 spiro atoms. The van der Waals surface area contributed by atoms with E-state index < -0.39 is 11.6 Å². The summed E-state index contributed by atoms with van der Waals surface area (Å²) in [6.45, 7) is 6.23. The monoisotopic (exact) mass is 352 g/mol. The summed E-state index contributed by atoms with van der Waals surface area (Å²) < 4.78 is 26.9. The molecule has 2 heterocycles. The summed E-state index contributed by atoms with van der Waals surface area (Å²) in [4.78, 5) is 18.7. The van der Waals surface area contributed by atoms with Gasteiger partial charge in [0.25, 0.3) is 0 Å². The molecular weight excluding hydrogens is 326 g/mol. The maximum absolute atomic E-state index is 13.7. The number of hydrogen-bond donors (Lipinski definition) is 1. The Morgan fingerprint density at radius 1 is 1.20 bits per heavy atom.